The van der Waals surface area contributed by atoms with Crippen LogP contribution in [0.5, 0.6) is 0 Å². The standard InChI is InChI=1S/C21H27I/c1-13-12-18(21(5,6)7)8-9-19(13)17-10-14(2)20(16(4)22)15(3)11-17/h8-12,16H,1-7H3. The van der Waals surface area contributed by atoms with E-state index in [4.69, 9.17) is 0 Å². The molecular weight excluding hydrogens is 379 g/mol. The monoisotopic (exact) mass is 406 g/mol. The van der Waals surface area contributed by atoms with Crippen molar-refractivity contribution < 1.29 is 0 Å². The van der Waals surface area contributed by atoms with Crippen LogP contribution in [-0.4, -0.2) is 0 Å². The molecule has 1 heteroatoms. The number of aryl methyl sites for hydroxylation is 3. The molecule has 2 aromatic carbocycles. The van der Waals surface area contributed by atoms with E-state index in [1.807, 2.05) is 0 Å². The van der Waals surface area contributed by atoms with Crippen molar-refractivity contribution >= 4 is 22.6 Å². The average Bonchev–Trinajstić information content (AvgIpc) is 2.35. The van der Waals surface area contributed by atoms with E-state index in [0.717, 1.165) is 0 Å². The van der Waals surface area contributed by atoms with Gasteiger partial charge >= 0.3 is 0 Å². The number of rotatable bonds is 2. The lowest BCUT2D eigenvalue weighted by atomic mass is 9.84. The van der Waals surface area contributed by atoms with Gasteiger partial charge in [-0.25, -0.2) is 0 Å². The minimum Gasteiger partial charge on any atom is -0.0777 e. The first-order chi connectivity index (χ1) is 10.1. The Balaban J connectivity index is 2.54. The normalized spacial score (nSPS) is 13.3. The summed E-state index contributed by atoms with van der Waals surface area (Å²) in [4.78, 5) is 0. The van der Waals surface area contributed by atoms with Crippen LogP contribution in [0.3, 0.4) is 0 Å². The molecule has 0 amide bonds. The van der Waals surface area contributed by atoms with E-state index in [1.54, 1.807) is 0 Å². The quantitative estimate of drug-likeness (QED) is 0.370. The maximum atomic E-state index is 2.51. The molecule has 0 saturated carbocycles. The number of hydrogen-bond acceptors (Lipinski definition) is 0. The van der Waals surface area contributed by atoms with Crippen molar-refractivity contribution in [2.45, 2.75) is 57.8 Å². The molecule has 0 aliphatic rings. The molecule has 0 radical (unpaired) electrons. The lowest BCUT2D eigenvalue weighted by Gasteiger charge is -2.21. The lowest BCUT2D eigenvalue weighted by Crippen LogP contribution is -2.11. The molecule has 0 N–H and O–H groups in total. The van der Waals surface area contributed by atoms with Gasteiger partial charge in [-0.3, -0.25) is 0 Å². The third-order valence-electron chi connectivity index (χ3n) is 4.39. The van der Waals surface area contributed by atoms with E-state index in [9.17, 15) is 0 Å². The van der Waals surface area contributed by atoms with Crippen LogP contribution in [0.25, 0.3) is 11.1 Å². The molecule has 0 heterocycles. The summed E-state index contributed by atoms with van der Waals surface area (Å²) < 4.78 is 0.552. The van der Waals surface area contributed by atoms with Crippen LogP contribution in [-0.2, 0) is 5.41 Å². The van der Waals surface area contributed by atoms with Gasteiger partial charge in [-0.05, 0) is 72.1 Å². The molecule has 118 valence electrons. The van der Waals surface area contributed by atoms with Crippen LogP contribution in [0.4, 0.5) is 0 Å². The molecule has 0 aliphatic carbocycles. The fourth-order valence-electron chi connectivity index (χ4n) is 3.21. The molecule has 0 spiro atoms. The van der Waals surface area contributed by atoms with E-state index in [1.165, 1.54) is 38.9 Å². The highest BCUT2D eigenvalue weighted by Gasteiger charge is 2.16. The summed E-state index contributed by atoms with van der Waals surface area (Å²) in [5.74, 6) is 0. The minimum atomic E-state index is 0.204. The van der Waals surface area contributed by atoms with Crippen LogP contribution in [0.15, 0.2) is 30.3 Å². The van der Waals surface area contributed by atoms with Crippen molar-refractivity contribution in [3.05, 3.63) is 58.1 Å². The Hall–Kier alpha value is -0.830. The van der Waals surface area contributed by atoms with Crippen LogP contribution in [0, 0.1) is 20.8 Å². The highest BCUT2D eigenvalue weighted by Crippen LogP contribution is 2.35. The smallest absolute Gasteiger partial charge is 0.0336 e. The molecule has 22 heavy (non-hydrogen) atoms. The van der Waals surface area contributed by atoms with E-state index in [2.05, 4.69) is 101 Å². The van der Waals surface area contributed by atoms with Gasteiger partial charge < -0.3 is 0 Å². The second-order valence-corrected chi connectivity index (χ2v) is 9.29. The Morgan fingerprint density at radius 1 is 0.864 bits per heavy atom. The Morgan fingerprint density at radius 2 is 1.41 bits per heavy atom. The molecule has 0 fully saturated rings. The molecule has 1 unspecified atom stereocenters. The Labute approximate surface area is 149 Å². The Bertz CT molecular complexity index is 665. The van der Waals surface area contributed by atoms with Gasteiger partial charge in [0.25, 0.3) is 0 Å². The third-order valence-corrected chi connectivity index (χ3v) is 5.02. The molecular formula is C21H27I. The van der Waals surface area contributed by atoms with E-state index in [-0.39, 0.29) is 5.41 Å². The van der Waals surface area contributed by atoms with Gasteiger partial charge in [-0.15, -0.1) is 0 Å². The molecule has 0 aromatic heterocycles. The summed E-state index contributed by atoms with van der Waals surface area (Å²) in [6.45, 7) is 15.8. The maximum absolute atomic E-state index is 2.51. The summed E-state index contributed by atoms with van der Waals surface area (Å²) >= 11 is 2.51. The summed E-state index contributed by atoms with van der Waals surface area (Å²) in [5.41, 5.74) is 9.94. The number of benzene rings is 2. The van der Waals surface area contributed by atoms with Gasteiger partial charge in [0.15, 0.2) is 0 Å². The van der Waals surface area contributed by atoms with Crippen molar-refractivity contribution in [3.63, 3.8) is 0 Å². The van der Waals surface area contributed by atoms with Crippen LogP contribution >= 0.6 is 22.6 Å². The summed E-state index contributed by atoms with van der Waals surface area (Å²) in [6.07, 6.45) is 0. The van der Waals surface area contributed by atoms with Gasteiger partial charge in [0, 0.05) is 3.92 Å². The van der Waals surface area contributed by atoms with Crippen molar-refractivity contribution in [3.8, 4) is 11.1 Å². The second kappa shape index (κ2) is 6.35. The van der Waals surface area contributed by atoms with Crippen LogP contribution in [0.1, 0.15) is 59.4 Å². The summed E-state index contributed by atoms with van der Waals surface area (Å²) in [5, 5.41) is 0. The van der Waals surface area contributed by atoms with Gasteiger partial charge in [-0.1, -0.05) is 73.7 Å². The Morgan fingerprint density at radius 3 is 1.82 bits per heavy atom. The number of halogens is 1. The lowest BCUT2D eigenvalue weighted by molar-refractivity contribution is 0.590. The predicted octanol–water partition coefficient (Wildman–Crippen LogP) is 7.07. The molecule has 0 saturated heterocycles. The molecule has 0 bridgehead atoms. The SMILES string of the molecule is Cc1cc(C(C)(C)C)ccc1-c1cc(C)c(C(C)I)c(C)c1. The fourth-order valence-corrected chi connectivity index (χ4v) is 4.19. The summed E-state index contributed by atoms with van der Waals surface area (Å²) in [6, 6.07) is 11.6. The molecule has 2 rings (SSSR count). The molecule has 2 aromatic rings. The minimum absolute atomic E-state index is 0.204. The van der Waals surface area contributed by atoms with Crippen molar-refractivity contribution in [1.29, 1.82) is 0 Å². The molecule has 0 nitrogen and oxygen atoms in total. The topological polar surface area (TPSA) is 0 Å². The van der Waals surface area contributed by atoms with E-state index >= 15 is 0 Å². The summed E-state index contributed by atoms with van der Waals surface area (Å²) in [7, 11) is 0. The second-order valence-electron chi connectivity index (χ2n) is 7.42. The first-order valence-corrected chi connectivity index (χ1v) is 9.22. The highest BCUT2D eigenvalue weighted by molar-refractivity contribution is 14.1. The predicted molar refractivity (Wildman–Crippen MR) is 107 cm³/mol. The van der Waals surface area contributed by atoms with Gasteiger partial charge in [0.05, 0.1) is 0 Å². The van der Waals surface area contributed by atoms with Crippen LogP contribution in [0.2, 0.25) is 0 Å². The average molecular weight is 406 g/mol. The van der Waals surface area contributed by atoms with Gasteiger partial charge in [-0.2, -0.15) is 0 Å². The molecule has 1 atom stereocenters. The van der Waals surface area contributed by atoms with Crippen molar-refractivity contribution in [1.82, 2.24) is 0 Å². The van der Waals surface area contributed by atoms with Crippen molar-refractivity contribution in [2.24, 2.45) is 0 Å². The fraction of sp³-hybridized carbons (Fsp3) is 0.429. The van der Waals surface area contributed by atoms with Crippen LogP contribution < -0.4 is 0 Å². The van der Waals surface area contributed by atoms with Gasteiger partial charge in [0.2, 0.25) is 0 Å². The zero-order chi connectivity index (χ0) is 16.7. The first kappa shape index (κ1) is 17.5. The largest absolute Gasteiger partial charge is 0.0777 e. The zero-order valence-electron chi connectivity index (χ0n) is 14.8. The molecule has 0 aliphatic heterocycles. The van der Waals surface area contributed by atoms with Gasteiger partial charge in [0.1, 0.15) is 0 Å². The first-order valence-electron chi connectivity index (χ1n) is 7.98. The maximum Gasteiger partial charge on any atom is 0.0336 e. The third kappa shape index (κ3) is 3.56. The van der Waals surface area contributed by atoms with E-state index < -0.39 is 0 Å². The van der Waals surface area contributed by atoms with Crippen molar-refractivity contribution in [2.75, 3.05) is 0 Å². The zero-order valence-corrected chi connectivity index (χ0v) is 17.0. The number of alkyl halides is 1. The number of hydrogen-bond donors (Lipinski definition) is 0. The highest BCUT2D eigenvalue weighted by atomic mass is 127. The van der Waals surface area contributed by atoms with E-state index in [0.29, 0.717) is 3.92 Å². The Kier molecular flexibility index (Phi) is 5.06.